The van der Waals surface area contributed by atoms with Crippen molar-refractivity contribution in [3.63, 3.8) is 0 Å². The monoisotopic (exact) mass is 439 g/mol. The normalized spacial score (nSPS) is 17.7. The van der Waals surface area contributed by atoms with Crippen molar-refractivity contribution in [2.45, 2.75) is 32.2 Å². The molecule has 0 saturated carbocycles. The van der Waals surface area contributed by atoms with E-state index in [-0.39, 0.29) is 17.7 Å². The molecule has 2 amide bonds. The molecule has 0 spiro atoms. The Kier molecular flexibility index (Phi) is 6.16. The van der Waals surface area contributed by atoms with Crippen molar-refractivity contribution in [2.75, 3.05) is 46.2 Å². The lowest BCUT2D eigenvalue weighted by Gasteiger charge is -2.29. The van der Waals surface area contributed by atoms with Gasteiger partial charge in [-0.05, 0) is 25.0 Å². The van der Waals surface area contributed by atoms with Gasteiger partial charge in [0.25, 0.3) is 5.91 Å². The molecule has 9 heteroatoms. The van der Waals surface area contributed by atoms with Crippen molar-refractivity contribution >= 4 is 17.6 Å². The first-order chi connectivity index (χ1) is 15.5. The van der Waals surface area contributed by atoms with Crippen LogP contribution < -0.4 is 14.8 Å². The minimum atomic E-state index is -0.128. The van der Waals surface area contributed by atoms with Crippen LogP contribution in [0.4, 0.5) is 5.82 Å². The van der Waals surface area contributed by atoms with Crippen LogP contribution in [0.5, 0.6) is 11.5 Å². The molecule has 1 aromatic heterocycles. The molecule has 1 aromatic carbocycles. The van der Waals surface area contributed by atoms with Crippen LogP contribution in [0, 0.1) is 0 Å². The fraction of sp³-hybridized carbons (Fsp3) is 0.478. The number of likely N-dealkylation sites (tertiary alicyclic amines) is 1. The summed E-state index contributed by atoms with van der Waals surface area (Å²) in [5.74, 6) is 2.44. The van der Waals surface area contributed by atoms with Gasteiger partial charge in [0.2, 0.25) is 5.91 Å². The Morgan fingerprint density at radius 1 is 1.09 bits per heavy atom. The quantitative estimate of drug-likeness (QED) is 0.762. The SMILES string of the molecule is CNc1nc([C@H]2CCN(C(=O)c3c(OC)cccc3OC)C2)nc2c1CCN(C(C)=O)C2. The summed E-state index contributed by atoms with van der Waals surface area (Å²) in [6.45, 7) is 3.85. The standard InChI is InChI=1S/C23H29N5O4/c1-14(29)27-11-9-16-17(13-27)25-21(26-22(16)24-2)15-8-10-28(12-15)23(30)20-18(31-3)6-5-7-19(20)32-4/h5-7,15H,8-13H2,1-4H3,(H,24,25,26)/t15-/m0/s1. The van der Waals surface area contributed by atoms with E-state index < -0.39 is 0 Å². The molecule has 2 aliphatic rings. The molecule has 1 N–H and O–H groups in total. The van der Waals surface area contributed by atoms with Gasteiger partial charge in [0.1, 0.15) is 28.7 Å². The first-order valence-electron chi connectivity index (χ1n) is 10.8. The highest BCUT2D eigenvalue weighted by molar-refractivity contribution is 6.00. The number of ether oxygens (including phenoxy) is 2. The van der Waals surface area contributed by atoms with E-state index in [1.54, 1.807) is 49.1 Å². The number of carbonyl (C=O) groups excluding carboxylic acids is 2. The molecule has 0 bridgehead atoms. The summed E-state index contributed by atoms with van der Waals surface area (Å²) in [5.41, 5.74) is 2.38. The number of aromatic nitrogens is 2. The minimum absolute atomic E-state index is 0.0183. The number of hydrogen-bond donors (Lipinski definition) is 1. The molecule has 170 valence electrons. The highest BCUT2D eigenvalue weighted by atomic mass is 16.5. The zero-order chi connectivity index (χ0) is 22.8. The van der Waals surface area contributed by atoms with Crippen molar-refractivity contribution < 1.29 is 19.1 Å². The zero-order valence-corrected chi connectivity index (χ0v) is 19.0. The largest absolute Gasteiger partial charge is 0.496 e. The second-order valence-electron chi connectivity index (χ2n) is 8.07. The molecule has 2 aliphatic heterocycles. The lowest BCUT2D eigenvalue weighted by Crippen LogP contribution is -2.35. The van der Waals surface area contributed by atoms with Gasteiger partial charge in [-0.25, -0.2) is 9.97 Å². The summed E-state index contributed by atoms with van der Waals surface area (Å²) in [6, 6.07) is 5.32. The van der Waals surface area contributed by atoms with Crippen LogP contribution in [-0.4, -0.2) is 72.5 Å². The number of hydrogen-bond acceptors (Lipinski definition) is 7. The Hall–Kier alpha value is -3.36. The number of amides is 2. The number of carbonyl (C=O) groups is 2. The number of benzene rings is 1. The molecule has 2 aromatic rings. The number of methoxy groups -OCH3 is 2. The van der Waals surface area contributed by atoms with Crippen molar-refractivity contribution in [3.8, 4) is 11.5 Å². The third-order valence-electron chi connectivity index (χ3n) is 6.25. The van der Waals surface area contributed by atoms with E-state index in [0.29, 0.717) is 49.1 Å². The average molecular weight is 440 g/mol. The maximum Gasteiger partial charge on any atom is 0.261 e. The molecular weight excluding hydrogens is 410 g/mol. The van der Waals surface area contributed by atoms with Crippen LogP contribution in [-0.2, 0) is 17.8 Å². The topological polar surface area (TPSA) is 96.9 Å². The van der Waals surface area contributed by atoms with Crippen LogP contribution in [0.15, 0.2) is 18.2 Å². The number of nitrogens with one attached hydrogen (secondary N) is 1. The third kappa shape index (κ3) is 3.94. The van der Waals surface area contributed by atoms with Crippen LogP contribution >= 0.6 is 0 Å². The van der Waals surface area contributed by atoms with E-state index in [2.05, 4.69) is 5.32 Å². The number of fused-ring (bicyclic) bond motifs is 1. The molecule has 9 nitrogen and oxygen atoms in total. The maximum atomic E-state index is 13.3. The van der Waals surface area contributed by atoms with Gasteiger partial charge in [-0.15, -0.1) is 0 Å². The predicted octanol–water partition coefficient (Wildman–Crippen LogP) is 2.07. The van der Waals surface area contributed by atoms with Crippen LogP contribution in [0.3, 0.4) is 0 Å². The lowest BCUT2D eigenvalue weighted by molar-refractivity contribution is -0.129. The summed E-state index contributed by atoms with van der Waals surface area (Å²) in [5, 5.41) is 3.18. The molecule has 32 heavy (non-hydrogen) atoms. The first-order valence-corrected chi connectivity index (χ1v) is 10.8. The van der Waals surface area contributed by atoms with Gasteiger partial charge >= 0.3 is 0 Å². The molecule has 0 radical (unpaired) electrons. The van der Waals surface area contributed by atoms with Gasteiger partial charge < -0.3 is 24.6 Å². The molecule has 1 saturated heterocycles. The fourth-order valence-corrected chi connectivity index (χ4v) is 4.48. The fourth-order valence-electron chi connectivity index (χ4n) is 4.48. The van der Waals surface area contributed by atoms with Gasteiger partial charge in [-0.2, -0.15) is 0 Å². The summed E-state index contributed by atoms with van der Waals surface area (Å²) in [4.78, 5) is 38.4. The second kappa shape index (κ2) is 9.02. The van der Waals surface area contributed by atoms with Crippen molar-refractivity contribution in [1.82, 2.24) is 19.8 Å². The molecule has 1 fully saturated rings. The van der Waals surface area contributed by atoms with Crippen LogP contribution in [0.1, 0.15) is 46.7 Å². The highest BCUT2D eigenvalue weighted by Crippen LogP contribution is 2.34. The molecular formula is C23H29N5O4. The molecule has 1 atom stereocenters. The predicted molar refractivity (Wildman–Crippen MR) is 119 cm³/mol. The Morgan fingerprint density at radius 2 is 1.81 bits per heavy atom. The van der Waals surface area contributed by atoms with E-state index in [1.807, 2.05) is 7.05 Å². The van der Waals surface area contributed by atoms with Crippen molar-refractivity contribution in [1.29, 1.82) is 0 Å². The molecule has 3 heterocycles. The second-order valence-corrected chi connectivity index (χ2v) is 8.07. The summed E-state index contributed by atoms with van der Waals surface area (Å²) < 4.78 is 10.8. The Balaban J connectivity index is 1.59. The lowest BCUT2D eigenvalue weighted by atomic mass is 10.0. The molecule has 0 aliphatic carbocycles. The van der Waals surface area contributed by atoms with Crippen LogP contribution in [0.25, 0.3) is 0 Å². The van der Waals surface area contributed by atoms with Gasteiger partial charge in [0.15, 0.2) is 0 Å². The third-order valence-corrected chi connectivity index (χ3v) is 6.25. The van der Waals surface area contributed by atoms with Gasteiger partial charge in [0, 0.05) is 45.1 Å². The zero-order valence-electron chi connectivity index (χ0n) is 19.0. The van der Waals surface area contributed by atoms with Gasteiger partial charge in [-0.1, -0.05) is 6.07 Å². The van der Waals surface area contributed by atoms with E-state index in [9.17, 15) is 9.59 Å². The average Bonchev–Trinajstić information content (AvgIpc) is 3.32. The maximum absolute atomic E-state index is 13.3. The van der Waals surface area contributed by atoms with Crippen LogP contribution in [0.2, 0.25) is 0 Å². The highest BCUT2D eigenvalue weighted by Gasteiger charge is 2.34. The van der Waals surface area contributed by atoms with E-state index >= 15 is 0 Å². The smallest absolute Gasteiger partial charge is 0.261 e. The van der Waals surface area contributed by atoms with E-state index in [4.69, 9.17) is 19.4 Å². The number of rotatable bonds is 5. The minimum Gasteiger partial charge on any atom is -0.496 e. The van der Waals surface area contributed by atoms with Crippen molar-refractivity contribution in [2.24, 2.45) is 0 Å². The number of anilines is 1. The Morgan fingerprint density at radius 3 is 2.44 bits per heavy atom. The van der Waals surface area contributed by atoms with E-state index in [1.165, 1.54) is 0 Å². The molecule has 0 unspecified atom stereocenters. The Bertz CT molecular complexity index is 1020. The summed E-state index contributed by atoms with van der Waals surface area (Å²) in [6.07, 6.45) is 1.50. The van der Waals surface area contributed by atoms with Gasteiger partial charge in [0.05, 0.1) is 26.5 Å². The Labute approximate surface area is 187 Å². The summed E-state index contributed by atoms with van der Waals surface area (Å²) >= 11 is 0. The first kappa shape index (κ1) is 21.9. The van der Waals surface area contributed by atoms with Crippen molar-refractivity contribution in [3.05, 3.63) is 40.8 Å². The number of nitrogens with zero attached hydrogens (tertiary/aromatic N) is 4. The summed E-state index contributed by atoms with van der Waals surface area (Å²) in [7, 11) is 4.94. The van der Waals surface area contributed by atoms with Gasteiger partial charge in [-0.3, -0.25) is 9.59 Å². The van der Waals surface area contributed by atoms with E-state index in [0.717, 1.165) is 29.9 Å². The molecule has 4 rings (SSSR count).